The topological polar surface area (TPSA) is 68.3 Å². The van der Waals surface area contributed by atoms with E-state index in [0.717, 1.165) is 0 Å². The average molecular weight is 176 g/mol. The van der Waals surface area contributed by atoms with E-state index in [9.17, 15) is 18.0 Å². The minimum absolute atomic E-state index is 0.287. The summed E-state index contributed by atoms with van der Waals surface area (Å²) in [5.41, 5.74) is 0. The van der Waals surface area contributed by atoms with Gasteiger partial charge in [0.15, 0.2) is 9.84 Å². The number of rotatable bonds is 2. The molecule has 2 unspecified atom stereocenters. The average Bonchev–Trinajstić information content (AvgIpc) is 2.24. The molecule has 0 amide bonds. The molecule has 0 aromatic rings. The Hall–Kier alpha value is -0.710. The predicted molar refractivity (Wildman–Crippen MR) is 37.9 cm³/mol. The third kappa shape index (κ3) is 1.20. The molecule has 1 saturated heterocycles. The molecule has 0 aliphatic carbocycles. The molecule has 1 aliphatic heterocycles. The summed E-state index contributed by atoms with van der Waals surface area (Å²) in [6.45, 7) is 0. The molecule has 0 aromatic carbocycles. The number of carbonyl (C=O) groups is 2. The van der Waals surface area contributed by atoms with Crippen molar-refractivity contribution in [2.75, 3.05) is 0 Å². The zero-order valence-electron chi connectivity index (χ0n) is 5.76. The van der Waals surface area contributed by atoms with Crippen LogP contribution in [0.3, 0.4) is 0 Å². The van der Waals surface area contributed by atoms with Crippen molar-refractivity contribution in [3.8, 4) is 0 Å². The molecule has 1 rings (SSSR count). The van der Waals surface area contributed by atoms with E-state index in [4.69, 9.17) is 0 Å². The van der Waals surface area contributed by atoms with Crippen LogP contribution in [0.5, 0.6) is 0 Å². The van der Waals surface area contributed by atoms with Crippen LogP contribution >= 0.6 is 0 Å². The second-order valence-electron chi connectivity index (χ2n) is 2.52. The second-order valence-corrected chi connectivity index (χ2v) is 4.90. The lowest BCUT2D eigenvalue weighted by molar-refractivity contribution is -0.108. The lowest BCUT2D eigenvalue weighted by Gasteiger charge is -2.00. The van der Waals surface area contributed by atoms with Gasteiger partial charge in [0, 0.05) is 0 Å². The van der Waals surface area contributed by atoms with Crippen molar-refractivity contribution < 1.29 is 18.0 Å². The molecular formula is C6H8O4S. The van der Waals surface area contributed by atoms with E-state index in [2.05, 4.69) is 0 Å². The Morgan fingerprint density at radius 1 is 1.00 bits per heavy atom. The highest BCUT2D eigenvalue weighted by molar-refractivity contribution is 7.94. The van der Waals surface area contributed by atoms with E-state index in [-0.39, 0.29) is 12.8 Å². The van der Waals surface area contributed by atoms with E-state index in [0.29, 0.717) is 12.6 Å². The van der Waals surface area contributed by atoms with Crippen LogP contribution in [-0.2, 0) is 19.4 Å². The first-order valence-corrected chi connectivity index (χ1v) is 4.87. The van der Waals surface area contributed by atoms with Gasteiger partial charge >= 0.3 is 0 Å². The third-order valence-corrected chi connectivity index (χ3v) is 4.26. The fourth-order valence-electron chi connectivity index (χ4n) is 1.17. The largest absolute Gasteiger partial charge is 0.302 e. The van der Waals surface area contributed by atoms with Crippen molar-refractivity contribution in [1.29, 1.82) is 0 Å². The Labute approximate surface area is 64.5 Å². The normalized spacial score (nSPS) is 34.9. The van der Waals surface area contributed by atoms with Gasteiger partial charge in [-0.15, -0.1) is 0 Å². The smallest absolute Gasteiger partial charge is 0.169 e. The van der Waals surface area contributed by atoms with Crippen LogP contribution in [-0.4, -0.2) is 31.5 Å². The first-order valence-electron chi connectivity index (χ1n) is 3.26. The van der Waals surface area contributed by atoms with Crippen molar-refractivity contribution in [2.24, 2.45) is 0 Å². The third-order valence-electron chi connectivity index (χ3n) is 1.88. The SMILES string of the molecule is O=CC1CCC(C=O)S1(=O)=O. The van der Waals surface area contributed by atoms with Gasteiger partial charge in [0.05, 0.1) is 0 Å². The Bertz CT molecular complexity index is 244. The Kier molecular flexibility index (Phi) is 2.08. The lowest BCUT2D eigenvalue weighted by atomic mass is 10.2. The minimum Gasteiger partial charge on any atom is -0.302 e. The zero-order valence-corrected chi connectivity index (χ0v) is 6.58. The van der Waals surface area contributed by atoms with Gasteiger partial charge in [0.1, 0.15) is 23.1 Å². The predicted octanol–water partition coefficient (Wildman–Crippen LogP) is -0.670. The highest BCUT2D eigenvalue weighted by atomic mass is 32.2. The van der Waals surface area contributed by atoms with Crippen molar-refractivity contribution in [3.63, 3.8) is 0 Å². The van der Waals surface area contributed by atoms with E-state index < -0.39 is 20.3 Å². The molecule has 1 aliphatic rings. The monoisotopic (exact) mass is 176 g/mol. The molecule has 62 valence electrons. The first-order chi connectivity index (χ1) is 5.12. The molecule has 1 heterocycles. The molecule has 0 N–H and O–H groups in total. The van der Waals surface area contributed by atoms with Crippen LogP contribution in [0.2, 0.25) is 0 Å². The zero-order chi connectivity index (χ0) is 8.48. The Morgan fingerprint density at radius 3 is 1.55 bits per heavy atom. The molecule has 0 radical (unpaired) electrons. The molecular weight excluding hydrogens is 168 g/mol. The van der Waals surface area contributed by atoms with E-state index in [1.165, 1.54) is 0 Å². The lowest BCUT2D eigenvalue weighted by Crippen LogP contribution is -2.24. The number of carbonyl (C=O) groups excluding carboxylic acids is 2. The summed E-state index contributed by atoms with van der Waals surface area (Å²) in [6.07, 6.45) is 1.38. The van der Waals surface area contributed by atoms with Crippen LogP contribution in [0.25, 0.3) is 0 Å². The molecule has 4 nitrogen and oxygen atoms in total. The summed E-state index contributed by atoms with van der Waals surface area (Å²) in [7, 11) is -3.46. The molecule has 0 spiro atoms. The molecule has 0 aromatic heterocycles. The van der Waals surface area contributed by atoms with E-state index in [1.807, 2.05) is 0 Å². The summed E-state index contributed by atoms with van der Waals surface area (Å²) in [4.78, 5) is 20.4. The van der Waals surface area contributed by atoms with Crippen LogP contribution in [0.15, 0.2) is 0 Å². The molecule has 2 atom stereocenters. The van der Waals surface area contributed by atoms with Gasteiger partial charge < -0.3 is 9.59 Å². The van der Waals surface area contributed by atoms with Gasteiger partial charge in [-0.1, -0.05) is 0 Å². The van der Waals surface area contributed by atoms with Gasteiger partial charge in [-0.3, -0.25) is 0 Å². The van der Waals surface area contributed by atoms with Gasteiger partial charge in [-0.25, -0.2) is 8.42 Å². The molecule has 5 heteroatoms. The minimum atomic E-state index is -3.46. The van der Waals surface area contributed by atoms with E-state index >= 15 is 0 Å². The fraction of sp³-hybridized carbons (Fsp3) is 0.667. The number of hydrogen-bond acceptors (Lipinski definition) is 4. The van der Waals surface area contributed by atoms with Crippen molar-refractivity contribution in [2.45, 2.75) is 23.3 Å². The summed E-state index contributed by atoms with van der Waals surface area (Å²) >= 11 is 0. The quantitative estimate of drug-likeness (QED) is 0.523. The standard InChI is InChI=1S/C6H8O4S/c7-3-5-1-2-6(4-8)11(5,9)10/h3-6H,1-2H2. The Balaban J connectivity index is 2.98. The van der Waals surface area contributed by atoms with Crippen LogP contribution in [0, 0.1) is 0 Å². The summed E-state index contributed by atoms with van der Waals surface area (Å²) in [6, 6.07) is 0. The maximum absolute atomic E-state index is 11.1. The van der Waals surface area contributed by atoms with E-state index in [1.54, 1.807) is 0 Å². The second kappa shape index (κ2) is 2.73. The molecule has 0 bridgehead atoms. The number of hydrogen-bond donors (Lipinski definition) is 0. The van der Waals surface area contributed by atoms with Crippen molar-refractivity contribution >= 4 is 22.4 Å². The summed E-state index contributed by atoms with van der Waals surface area (Å²) in [5.74, 6) is 0. The van der Waals surface area contributed by atoms with Gasteiger partial charge in [0.2, 0.25) is 0 Å². The maximum Gasteiger partial charge on any atom is 0.169 e. The van der Waals surface area contributed by atoms with Crippen LogP contribution < -0.4 is 0 Å². The molecule has 1 fully saturated rings. The molecule has 11 heavy (non-hydrogen) atoms. The van der Waals surface area contributed by atoms with Gasteiger partial charge in [-0.05, 0) is 12.8 Å². The number of sulfone groups is 1. The highest BCUT2D eigenvalue weighted by Gasteiger charge is 2.40. The summed E-state index contributed by atoms with van der Waals surface area (Å²) in [5, 5.41) is -1.89. The maximum atomic E-state index is 11.1. The molecule has 0 saturated carbocycles. The van der Waals surface area contributed by atoms with Gasteiger partial charge in [-0.2, -0.15) is 0 Å². The van der Waals surface area contributed by atoms with Crippen LogP contribution in [0.4, 0.5) is 0 Å². The van der Waals surface area contributed by atoms with Crippen molar-refractivity contribution in [1.82, 2.24) is 0 Å². The van der Waals surface area contributed by atoms with Gasteiger partial charge in [0.25, 0.3) is 0 Å². The first kappa shape index (κ1) is 8.39. The Morgan fingerprint density at radius 2 is 1.36 bits per heavy atom. The van der Waals surface area contributed by atoms with Crippen molar-refractivity contribution in [3.05, 3.63) is 0 Å². The highest BCUT2D eigenvalue weighted by Crippen LogP contribution is 2.24. The number of aldehydes is 2. The fourth-order valence-corrected chi connectivity index (χ4v) is 2.86. The van der Waals surface area contributed by atoms with Crippen LogP contribution in [0.1, 0.15) is 12.8 Å². The summed E-state index contributed by atoms with van der Waals surface area (Å²) < 4.78 is 22.2.